The Balaban J connectivity index is 3.12. The van der Waals surface area contributed by atoms with Crippen molar-refractivity contribution >= 4 is 16.1 Å². The van der Waals surface area contributed by atoms with E-state index in [0.717, 1.165) is 13.4 Å². The normalized spacial score (nSPS) is 12.9. The predicted octanol–water partition coefficient (Wildman–Crippen LogP) is 0.231. The lowest BCUT2D eigenvalue weighted by Crippen LogP contribution is -2.16. The minimum absolute atomic E-state index is 0.0322. The summed E-state index contributed by atoms with van der Waals surface area (Å²) in [7, 11) is -2.61. The first-order valence-electron chi connectivity index (χ1n) is 4.59. The lowest BCUT2D eigenvalue weighted by atomic mass is 10.1. The molecule has 0 aromatic heterocycles. The Bertz CT molecular complexity index is 507. The standard InChI is InChI=1S/C10H12O6S/c1-15-10(12)9(11)7-5-3-4-6-8(7)16-17(2,13)14/h3-6,9,11H,1-2H3. The van der Waals surface area contributed by atoms with E-state index in [-0.39, 0.29) is 11.3 Å². The van der Waals surface area contributed by atoms with Gasteiger partial charge in [0.25, 0.3) is 0 Å². The molecule has 0 fully saturated rings. The summed E-state index contributed by atoms with van der Waals surface area (Å²) in [5.41, 5.74) is 0.0322. The van der Waals surface area contributed by atoms with Crippen LogP contribution in [0.25, 0.3) is 0 Å². The Labute approximate surface area is 98.9 Å². The van der Waals surface area contributed by atoms with Gasteiger partial charge in [-0.1, -0.05) is 18.2 Å². The highest BCUT2D eigenvalue weighted by atomic mass is 32.2. The third-order valence-corrected chi connectivity index (χ3v) is 2.36. The number of esters is 1. The number of carbonyl (C=O) groups excluding carboxylic acids is 1. The maximum absolute atomic E-state index is 11.2. The number of methoxy groups -OCH3 is 1. The molecule has 17 heavy (non-hydrogen) atoms. The summed E-state index contributed by atoms with van der Waals surface area (Å²) in [6.07, 6.45) is -0.716. The van der Waals surface area contributed by atoms with E-state index in [1.54, 1.807) is 0 Å². The average Bonchev–Trinajstić information content (AvgIpc) is 2.25. The van der Waals surface area contributed by atoms with Gasteiger partial charge in [-0.3, -0.25) is 0 Å². The Hall–Kier alpha value is -1.60. The molecule has 0 radical (unpaired) electrons. The number of para-hydroxylation sites is 1. The summed E-state index contributed by atoms with van der Waals surface area (Å²) >= 11 is 0. The van der Waals surface area contributed by atoms with E-state index in [9.17, 15) is 18.3 Å². The van der Waals surface area contributed by atoms with Crippen LogP contribution >= 0.6 is 0 Å². The van der Waals surface area contributed by atoms with Crippen LogP contribution in [0.5, 0.6) is 5.75 Å². The van der Waals surface area contributed by atoms with E-state index < -0.39 is 22.2 Å². The molecule has 0 spiro atoms. The highest BCUT2D eigenvalue weighted by Crippen LogP contribution is 2.26. The summed E-state index contributed by atoms with van der Waals surface area (Å²) in [6, 6.07) is 5.77. The fraction of sp³-hybridized carbons (Fsp3) is 0.300. The molecule has 1 aromatic rings. The number of hydrogen-bond acceptors (Lipinski definition) is 6. The SMILES string of the molecule is COC(=O)C(O)c1ccccc1OS(C)(=O)=O. The molecule has 0 saturated carbocycles. The molecule has 0 heterocycles. The van der Waals surface area contributed by atoms with Crippen molar-refractivity contribution in [3.05, 3.63) is 29.8 Å². The Kier molecular flexibility index (Phi) is 4.08. The molecule has 1 N–H and O–H groups in total. The highest BCUT2D eigenvalue weighted by molar-refractivity contribution is 7.86. The lowest BCUT2D eigenvalue weighted by Gasteiger charge is -2.12. The van der Waals surface area contributed by atoms with E-state index in [1.165, 1.54) is 24.3 Å². The summed E-state index contributed by atoms with van der Waals surface area (Å²) in [4.78, 5) is 11.2. The topological polar surface area (TPSA) is 89.9 Å². The second-order valence-corrected chi connectivity index (χ2v) is 4.83. The van der Waals surface area contributed by atoms with Gasteiger partial charge >= 0.3 is 16.1 Å². The van der Waals surface area contributed by atoms with Crippen molar-refractivity contribution in [2.24, 2.45) is 0 Å². The van der Waals surface area contributed by atoms with Crippen LogP contribution in [0.15, 0.2) is 24.3 Å². The van der Waals surface area contributed by atoms with E-state index in [2.05, 4.69) is 8.92 Å². The summed E-state index contributed by atoms with van der Waals surface area (Å²) in [5, 5.41) is 9.62. The smallest absolute Gasteiger partial charge is 0.339 e. The number of hydrogen-bond donors (Lipinski definition) is 1. The Morgan fingerprint density at radius 3 is 2.47 bits per heavy atom. The molecule has 0 bridgehead atoms. The van der Waals surface area contributed by atoms with Crippen molar-refractivity contribution in [3.63, 3.8) is 0 Å². The van der Waals surface area contributed by atoms with Crippen LogP contribution in [0.2, 0.25) is 0 Å². The molecule has 0 aliphatic carbocycles. The number of benzene rings is 1. The molecule has 7 heteroatoms. The van der Waals surface area contributed by atoms with Crippen LogP contribution in [-0.2, 0) is 19.6 Å². The Morgan fingerprint density at radius 1 is 1.35 bits per heavy atom. The maximum atomic E-state index is 11.2. The molecule has 1 atom stereocenters. The van der Waals surface area contributed by atoms with Crippen LogP contribution < -0.4 is 4.18 Å². The summed E-state index contributed by atoms with van der Waals surface area (Å²) in [5.74, 6) is -0.998. The lowest BCUT2D eigenvalue weighted by molar-refractivity contribution is -0.150. The molecule has 0 amide bonds. The first-order chi connectivity index (χ1) is 7.85. The second-order valence-electron chi connectivity index (χ2n) is 3.25. The first kappa shape index (κ1) is 13.5. The van der Waals surface area contributed by atoms with E-state index in [0.29, 0.717) is 0 Å². The number of aliphatic hydroxyl groups is 1. The van der Waals surface area contributed by atoms with Gasteiger partial charge in [0, 0.05) is 5.56 Å². The van der Waals surface area contributed by atoms with E-state index >= 15 is 0 Å². The monoisotopic (exact) mass is 260 g/mol. The van der Waals surface area contributed by atoms with Crippen molar-refractivity contribution < 1.29 is 27.2 Å². The van der Waals surface area contributed by atoms with Crippen LogP contribution in [-0.4, -0.2) is 32.9 Å². The van der Waals surface area contributed by atoms with Crippen molar-refractivity contribution in [1.82, 2.24) is 0 Å². The van der Waals surface area contributed by atoms with Gasteiger partial charge in [-0.15, -0.1) is 0 Å². The number of ether oxygens (including phenoxy) is 1. The molecule has 1 unspecified atom stereocenters. The van der Waals surface area contributed by atoms with Crippen molar-refractivity contribution in [3.8, 4) is 5.75 Å². The quantitative estimate of drug-likeness (QED) is 0.615. The van der Waals surface area contributed by atoms with Gasteiger partial charge in [0.1, 0.15) is 5.75 Å². The number of carbonyl (C=O) groups is 1. The van der Waals surface area contributed by atoms with E-state index in [1.807, 2.05) is 0 Å². The van der Waals surface area contributed by atoms with Gasteiger partial charge in [-0.05, 0) is 6.07 Å². The van der Waals surface area contributed by atoms with Gasteiger partial charge < -0.3 is 14.0 Å². The third kappa shape index (κ3) is 3.72. The average molecular weight is 260 g/mol. The van der Waals surface area contributed by atoms with E-state index in [4.69, 9.17) is 0 Å². The van der Waals surface area contributed by atoms with Gasteiger partial charge in [0.2, 0.25) is 0 Å². The molecule has 94 valence electrons. The molecular formula is C10H12O6S. The fourth-order valence-electron chi connectivity index (χ4n) is 1.18. The fourth-order valence-corrected chi connectivity index (χ4v) is 1.66. The third-order valence-electron chi connectivity index (χ3n) is 1.88. The highest BCUT2D eigenvalue weighted by Gasteiger charge is 2.23. The molecule has 1 aromatic carbocycles. The van der Waals surface area contributed by atoms with Crippen LogP contribution in [0, 0.1) is 0 Å². The molecule has 1 rings (SSSR count). The van der Waals surface area contributed by atoms with Gasteiger partial charge in [-0.2, -0.15) is 8.42 Å². The summed E-state index contributed by atoms with van der Waals surface area (Å²) in [6.45, 7) is 0. The van der Waals surface area contributed by atoms with Crippen molar-refractivity contribution in [2.45, 2.75) is 6.10 Å². The number of aliphatic hydroxyl groups excluding tert-OH is 1. The van der Waals surface area contributed by atoms with Crippen molar-refractivity contribution in [1.29, 1.82) is 0 Å². The van der Waals surface area contributed by atoms with Gasteiger partial charge in [0.05, 0.1) is 13.4 Å². The Morgan fingerprint density at radius 2 is 1.94 bits per heavy atom. The van der Waals surface area contributed by atoms with Gasteiger partial charge in [-0.25, -0.2) is 4.79 Å². The minimum Gasteiger partial charge on any atom is -0.467 e. The largest absolute Gasteiger partial charge is 0.467 e. The molecular weight excluding hydrogens is 248 g/mol. The van der Waals surface area contributed by atoms with Gasteiger partial charge in [0.15, 0.2) is 6.10 Å². The second kappa shape index (κ2) is 5.15. The zero-order valence-electron chi connectivity index (χ0n) is 9.28. The summed E-state index contributed by atoms with van der Waals surface area (Å²) < 4.78 is 31.0. The predicted molar refractivity (Wildman–Crippen MR) is 58.9 cm³/mol. The van der Waals surface area contributed by atoms with Crippen LogP contribution in [0.1, 0.15) is 11.7 Å². The maximum Gasteiger partial charge on any atom is 0.339 e. The molecule has 0 aliphatic heterocycles. The van der Waals surface area contributed by atoms with Crippen LogP contribution in [0.4, 0.5) is 0 Å². The molecule has 6 nitrogen and oxygen atoms in total. The van der Waals surface area contributed by atoms with Crippen molar-refractivity contribution in [2.75, 3.05) is 13.4 Å². The number of rotatable bonds is 4. The zero-order valence-corrected chi connectivity index (χ0v) is 10.1. The zero-order chi connectivity index (χ0) is 13.1. The first-order valence-corrected chi connectivity index (χ1v) is 6.41. The van der Waals surface area contributed by atoms with Crippen LogP contribution in [0.3, 0.4) is 0 Å². The molecule has 0 aliphatic rings. The minimum atomic E-state index is -3.73. The molecule has 0 saturated heterocycles.